The highest BCUT2D eigenvalue weighted by Crippen LogP contribution is 2.24. The van der Waals surface area contributed by atoms with Gasteiger partial charge in [-0.25, -0.2) is 4.39 Å². The van der Waals surface area contributed by atoms with E-state index in [1.54, 1.807) is 25.2 Å². The highest BCUT2D eigenvalue weighted by atomic mass is 35.5. The lowest BCUT2D eigenvalue weighted by Crippen LogP contribution is -2.16. The quantitative estimate of drug-likeness (QED) is 0.934. The minimum absolute atomic E-state index is 0.0594. The van der Waals surface area contributed by atoms with Crippen molar-refractivity contribution >= 4 is 29.2 Å². The van der Waals surface area contributed by atoms with Crippen LogP contribution in [0.25, 0.3) is 0 Å². The summed E-state index contributed by atoms with van der Waals surface area (Å²) in [6.07, 6.45) is 0. The summed E-state index contributed by atoms with van der Waals surface area (Å²) >= 11 is 5.83. The van der Waals surface area contributed by atoms with Gasteiger partial charge in [0.05, 0.1) is 5.69 Å². The van der Waals surface area contributed by atoms with E-state index in [0.29, 0.717) is 18.2 Å². The number of aromatic nitrogens is 3. The predicted molar refractivity (Wildman–Crippen MR) is 73.5 cm³/mol. The van der Waals surface area contributed by atoms with Crippen molar-refractivity contribution in [3.63, 3.8) is 0 Å². The van der Waals surface area contributed by atoms with E-state index >= 15 is 0 Å². The summed E-state index contributed by atoms with van der Waals surface area (Å²) < 4.78 is 13.7. The lowest BCUT2D eigenvalue weighted by atomic mass is 10.3. The molecule has 0 aliphatic rings. The van der Waals surface area contributed by atoms with Crippen molar-refractivity contribution in [1.29, 1.82) is 0 Å². The number of halogens is 2. The zero-order chi connectivity index (χ0) is 13.8. The van der Waals surface area contributed by atoms with Crippen LogP contribution in [0.1, 0.15) is 6.92 Å². The Morgan fingerprint density at radius 1 is 1.26 bits per heavy atom. The molecule has 0 unspecified atom stereocenters. The molecule has 0 spiro atoms. The fourth-order valence-electron chi connectivity index (χ4n) is 1.56. The van der Waals surface area contributed by atoms with Crippen LogP contribution in [0.4, 0.5) is 22.0 Å². The molecule has 0 saturated carbocycles. The van der Waals surface area contributed by atoms with Crippen molar-refractivity contribution in [3.8, 4) is 0 Å². The highest BCUT2D eigenvalue weighted by molar-refractivity contribution is 6.28. The van der Waals surface area contributed by atoms with E-state index in [0.717, 1.165) is 0 Å². The molecule has 1 aromatic heterocycles. The molecule has 0 fully saturated rings. The third kappa shape index (κ3) is 3.08. The first-order valence-corrected chi connectivity index (χ1v) is 6.13. The minimum atomic E-state index is -0.355. The Bertz CT molecular complexity index is 578. The number of rotatable bonds is 4. The van der Waals surface area contributed by atoms with Crippen molar-refractivity contribution < 1.29 is 4.39 Å². The second-order valence-corrected chi connectivity index (χ2v) is 4.11. The summed E-state index contributed by atoms with van der Waals surface area (Å²) in [5, 5.41) is 3.00. The summed E-state index contributed by atoms with van der Waals surface area (Å²) in [7, 11) is 1.67. The lowest BCUT2D eigenvalue weighted by Gasteiger charge is -2.18. The molecule has 1 aromatic carbocycles. The number of para-hydroxylation sites is 1. The third-order valence-electron chi connectivity index (χ3n) is 2.45. The van der Waals surface area contributed by atoms with Gasteiger partial charge in [-0.2, -0.15) is 15.0 Å². The van der Waals surface area contributed by atoms with Crippen molar-refractivity contribution in [2.75, 3.05) is 23.8 Å². The first kappa shape index (κ1) is 13.5. The Balaban J connectivity index is 2.38. The molecule has 5 nitrogen and oxygen atoms in total. The van der Waals surface area contributed by atoms with Crippen molar-refractivity contribution in [1.82, 2.24) is 15.0 Å². The Morgan fingerprint density at radius 3 is 2.68 bits per heavy atom. The van der Waals surface area contributed by atoms with Crippen LogP contribution < -0.4 is 10.2 Å². The van der Waals surface area contributed by atoms with E-state index in [1.807, 2.05) is 6.92 Å². The molecule has 100 valence electrons. The summed E-state index contributed by atoms with van der Waals surface area (Å²) in [5.74, 6) is 0.285. The molecular weight excluding hydrogens is 269 g/mol. The molecule has 2 aromatic rings. The molecule has 0 amide bonds. The number of nitrogens with one attached hydrogen (secondary N) is 1. The molecule has 2 rings (SSSR count). The molecule has 0 aliphatic carbocycles. The normalized spacial score (nSPS) is 10.3. The van der Waals surface area contributed by atoms with Gasteiger partial charge in [-0.15, -0.1) is 0 Å². The Morgan fingerprint density at radius 2 is 2.00 bits per heavy atom. The molecule has 0 bridgehead atoms. The van der Waals surface area contributed by atoms with Crippen LogP contribution in [0.5, 0.6) is 0 Å². The van der Waals surface area contributed by atoms with Gasteiger partial charge in [0.25, 0.3) is 0 Å². The molecule has 1 heterocycles. The maximum absolute atomic E-state index is 13.7. The zero-order valence-electron chi connectivity index (χ0n) is 10.6. The van der Waals surface area contributed by atoms with Gasteiger partial charge in [0.2, 0.25) is 17.2 Å². The topological polar surface area (TPSA) is 53.9 Å². The van der Waals surface area contributed by atoms with E-state index in [4.69, 9.17) is 11.6 Å². The molecule has 0 aliphatic heterocycles. The molecule has 1 N–H and O–H groups in total. The summed E-state index contributed by atoms with van der Waals surface area (Å²) in [4.78, 5) is 13.6. The van der Waals surface area contributed by atoms with Gasteiger partial charge in [0, 0.05) is 13.6 Å². The fraction of sp³-hybridized carbons (Fsp3) is 0.250. The summed E-state index contributed by atoms with van der Waals surface area (Å²) in [5.41, 5.74) is 0.368. The number of hydrogen-bond acceptors (Lipinski definition) is 5. The molecule has 0 radical (unpaired) electrons. The van der Waals surface area contributed by atoms with E-state index in [-0.39, 0.29) is 17.0 Å². The number of nitrogens with zero attached hydrogens (tertiary/aromatic N) is 4. The van der Waals surface area contributed by atoms with Crippen LogP contribution in [-0.4, -0.2) is 28.5 Å². The van der Waals surface area contributed by atoms with Gasteiger partial charge in [0.15, 0.2) is 0 Å². The molecule has 19 heavy (non-hydrogen) atoms. The Hall–Kier alpha value is -1.95. The molecule has 0 saturated heterocycles. The number of benzene rings is 1. The minimum Gasteiger partial charge on any atom is -0.354 e. The lowest BCUT2D eigenvalue weighted by molar-refractivity contribution is 0.627. The fourth-order valence-corrected chi connectivity index (χ4v) is 1.71. The Kier molecular flexibility index (Phi) is 4.11. The van der Waals surface area contributed by atoms with Gasteiger partial charge < -0.3 is 10.2 Å². The average Bonchev–Trinajstić information content (AvgIpc) is 2.38. The largest absolute Gasteiger partial charge is 0.354 e. The average molecular weight is 282 g/mol. The summed E-state index contributed by atoms with van der Waals surface area (Å²) in [6, 6.07) is 6.37. The van der Waals surface area contributed by atoms with Crippen LogP contribution in [0.3, 0.4) is 0 Å². The van der Waals surface area contributed by atoms with Gasteiger partial charge in [-0.05, 0) is 30.7 Å². The second-order valence-electron chi connectivity index (χ2n) is 3.77. The van der Waals surface area contributed by atoms with Crippen molar-refractivity contribution in [2.24, 2.45) is 0 Å². The van der Waals surface area contributed by atoms with E-state index in [1.165, 1.54) is 11.0 Å². The van der Waals surface area contributed by atoms with Gasteiger partial charge in [0.1, 0.15) is 5.82 Å². The van der Waals surface area contributed by atoms with Crippen LogP contribution in [0.15, 0.2) is 24.3 Å². The maximum atomic E-state index is 13.7. The van der Waals surface area contributed by atoms with Crippen molar-refractivity contribution in [3.05, 3.63) is 35.4 Å². The molecule has 0 atom stereocenters. The van der Waals surface area contributed by atoms with Crippen LogP contribution in [0.2, 0.25) is 5.28 Å². The number of hydrogen-bond donors (Lipinski definition) is 1. The molecule has 7 heteroatoms. The van der Waals surface area contributed by atoms with E-state index in [9.17, 15) is 4.39 Å². The summed E-state index contributed by atoms with van der Waals surface area (Å²) in [6.45, 7) is 2.57. The van der Waals surface area contributed by atoms with Crippen LogP contribution >= 0.6 is 11.6 Å². The van der Waals surface area contributed by atoms with Crippen molar-refractivity contribution in [2.45, 2.75) is 6.92 Å². The Labute approximate surface area is 115 Å². The van der Waals surface area contributed by atoms with Gasteiger partial charge in [-0.1, -0.05) is 12.1 Å². The first-order chi connectivity index (χ1) is 9.11. The number of anilines is 3. The monoisotopic (exact) mass is 281 g/mol. The SMILES string of the molecule is CCNc1nc(Cl)nc(N(C)c2ccccc2F)n1. The van der Waals surface area contributed by atoms with E-state index in [2.05, 4.69) is 20.3 Å². The maximum Gasteiger partial charge on any atom is 0.235 e. The second kappa shape index (κ2) is 5.79. The highest BCUT2D eigenvalue weighted by Gasteiger charge is 2.13. The van der Waals surface area contributed by atoms with Crippen LogP contribution in [0, 0.1) is 5.82 Å². The van der Waals surface area contributed by atoms with Gasteiger partial charge >= 0.3 is 0 Å². The first-order valence-electron chi connectivity index (χ1n) is 5.75. The van der Waals surface area contributed by atoms with Gasteiger partial charge in [-0.3, -0.25) is 0 Å². The standard InChI is InChI=1S/C12H13ClFN5/c1-3-15-11-16-10(13)17-12(18-11)19(2)9-7-5-4-6-8(9)14/h4-7H,3H2,1-2H3,(H,15,16,17,18). The zero-order valence-corrected chi connectivity index (χ0v) is 11.3. The van der Waals surface area contributed by atoms with Crippen LogP contribution in [-0.2, 0) is 0 Å². The van der Waals surface area contributed by atoms with E-state index < -0.39 is 0 Å². The third-order valence-corrected chi connectivity index (χ3v) is 2.61. The molecular formula is C12H13ClFN5. The predicted octanol–water partition coefficient (Wildman–Crippen LogP) is 2.86. The smallest absolute Gasteiger partial charge is 0.235 e.